The quantitative estimate of drug-likeness (QED) is 0.688. The molecule has 0 aliphatic heterocycles. The molecule has 0 atom stereocenters. The maximum atomic E-state index is 9.23. The molecule has 0 saturated heterocycles. The van der Waals surface area contributed by atoms with Crippen molar-refractivity contribution >= 4 is 26.8 Å². The van der Waals surface area contributed by atoms with Crippen LogP contribution in [0.25, 0.3) is 10.9 Å². The zero-order valence-electron chi connectivity index (χ0n) is 10.4. The van der Waals surface area contributed by atoms with E-state index in [0.717, 1.165) is 15.4 Å². The normalized spacial score (nSPS) is 10.2. The summed E-state index contributed by atoms with van der Waals surface area (Å²) in [5.41, 5.74) is 1.22. The molecule has 0 amide bonds. The number of halogens is 1. The monoisotopic (exact) mass is 324 g/mol. The third-order valence-corrected chi connectivity index (χ3v) is 3.36. The van der Waals surface area contributed by atoms with Crippen molar-refractivity contribution in [3.05, 3.63) is 64.8 Å². The van der Waals surface area contributed by atoms with Crippen molar-refractivity contribution in [1.82, 2.24) is 4.98 Å². The maximum absolute atomic E-state index is 9.23. The molecular weight excluding hydrogens is 316 g/mol. The van der Waals surface area contributed by atoms with Crippen LogP contribution >= 0.6 is 15.9 Å². The van der Waals surface area contributed by atoms with E-state index >= 15 is 0 Å². The highest BCUT2D eigenvalue weighted by molar-refractivity contribution is 9.10. The number of benzene rings is 2. The van der Waals surface area contributed by atoms with Crippen molar-refractivity contribution in [3.63, 3.8) is 0 Å². The molecule has 0 bridgehead atoms. The molecule has 96 valence electrons. The molecule has 0 fully saturated rings. The Balaban J connectivity index is 2.17. The lowest BCUT2D eigenvalue weighted by molar-refractivity contribution is 0.486. The van der Waals surface area contributed by atoms with Crippen LogP contribution in [0, 0.1) is 11.3 Å². The predicted molar refractivity (Wildman–Crippen MR) is 80.7 cm³/mol. The second kappa shape index (κ2) is 5.32. The van der Waals surface area contributed by atoms with Crippen molar-refractivity contribution < 1.29 is 4.74 Å². The van der Waals surface area contributed by atoms with Gasteiger partial charge in [-0.3, -0.25) is 4.98 Å². The van der Waals surface area contributed by atoms with Gasteiger partial charge in [-0.2, -0.15) is 5.26 Å². The second-order valence-corrected chi connectivity index (χ2v) is 5.11. The largest absolute Gasteiger partial charge is 0.455 e. The molecule has 0 spiro atoms. The molecule has 1 heterocycles. The van der Waals surface area contributed by atoms with Gasteiger partial charge in [0.1, 0.15) is 17.4 Å². The zero-order valence-corrected chi connectivity index (χ0v) is 12.0. The lowest BCUT2D eigenvalue weighted by Gasteiger charge is -2.10. The Hall–Kier alpha value is -2.38. The molecular formula is C16H9BrN2O. The Kier molecular flexibility index (Phi) is 3.36. The summed E-state index contributed by atoms with van der Waals surface area (Å²) in [6, 6.07) is 17.2. The van der Waals surface area contributed by atoms with E-state index in [4.69, 9.17) is 4.74 Å². The number of ether oxygens (including phenoxy) is 1. The van der Waals surface area contributed by atoms with E-state index in [1.807, 2.05) is 48.5 Å². The number of hydrogen-bond donors (Lipinski definition) is 0. The van der Waals surface area contributed by atoms with E-state index in [9.17, 15) is 5.26 Å². The van der Waals surface area contributed by atoms with Gasteiger partial charge in [0, 0.05) is 16.1 Å². The number of hydrogen-bond acceptors (Lipinski definition) is 3. The van der Waals surface area contributed by atoms with Crippen LogP contribution in [-0.4, -0.2) is 4.98 Å². The molecule has 2 aromatic carbocycles. The van der Waals surface area contributed by atoms with Crippen LogP contribution < -0.4 is 4.74 Å². The number of fused-ring (bicyclic) bond motifs is 1. The fourth-order valence-electron chi connectivity index (χ4n) is 1.95. The molecule has 3 aromatic rings. The second-order valence-electron chi connectivity index (χ2n) is 4.19. The summed E-state index contributed by atoms with van der Waals surface area (Å²) in [6.07, 6.45) is 1.54. The lowest BCUT2D eigenvalue weighted by atomic mass is 10.1. The maximum Gasteiger partial charge on any atom is 0.156 e. The van der Waals surface area contributed by atoms with Gasteiger partial charge in [-0.15, -0.1) is 0 Å². The van der Waals surface area contributed by atoms with Crippen molar-refractivity contribution in [2.45, 2.75) is 0 Å². The van der Waals surface area contributed by atoms with Crippen LogP contribution in [0.2, 0.25) is 0 Å². The molecule has 0 unspecified atom stereocenters. The summed E-state index contributed by atoms with van der Waals surface area (Å²) in [5.74, 6) is 1.21. The topological polar surface area (TPSA) is 45.9 Å². The van der Waals surface area contributed by atoms with Crippen molar-refractivity contribution in [1.29, 1.82) is 5.26 Å². The molecule has 0 radical (unpaired) electrons. The molecule has 1 aromatic heterocycles. The van der Waals surface area contributed by atoms with Crippen molar-refractivity contribution in [3.8, 4) is 17.6 Å². The summed E-state index contributed by atoms with van der Waals surface area (Å²) in [5, 5.41) is 10.1. The van der Waals surface area contributed by atoms with Gasteiger partial charge in [-0.05, 0) is 30.3 Å². The minimum atomic E-state index is 0.420. The first-order valence-electron chi connectivity index (χ1n) is 5.99. The third-order valence-electron chi connectivity index (χ3n) is 2.86. The summed E-state index contributed by atoms with van der Waals surface area (Å²) in [6.45, 7) is 0. The first kappa shape index (κ1) is 12.6. The van der Waals surface area contributed by atoms with Crippen LogP contribution in [0.1, 0.15) is 5.56 Å². The Labute approximate surface area is 124 Å². The molecule has 0 N–H and O–H groups in total. The van der Waals surface area contributed by atoms with Crippen molar-refractivity contribution in [2.24, 2.45) is 0 Å². The number of para-hydroxylation sites is 1. The average molecular weight is 325 g/mol. The first-order chi connectivity index (χ1) is 9.78. The third kappa shape index (κ3) is 2.36. The van der Waals surface area contributed by atoms with Crippen molar-refractivity contribution in [2.75, 3.05) is 0 Å². The average Bonchev–Trinajstić information content (AvgIpc) is 2.48. The van der Waals surface area contributed by atoms with Gasteiger partial charge in [-0.1, -0.05) is 34.1 Å². The SMILES string of the molecule is N#Cc1cnc2ccccc2c1Oc1cccc(Br)c1. The predicted octanol–water partition coefficient (Wildman–Crippen LogP) is 4.66. The van der Waals surface area contributed by atoms with Gasteiger partial charge < -0.3 is 4.74 Å². The molecule has 0 aliphatic carbocycles. The summed E-state index contributed by atoms with van der Waals surface area (Å²) >= 11 is 3.40. The Morgan fingerprint density at radius 1 is 1.10 bits per heavy atom. The molecule has 0 saturated carbocycles. The van der Waals surface area contributed by atoms with E-state index in [0.29, 0.717) is 17.1 Å². The van der Waals surface area contributed by atoms with Gasteiger partial charge in [-0.25, -0.2) is 0 Å². The van der Waals surface area contributed by atoms with Crippen LogP contribution in [0.5, 0.6) is 11.5 Å². The number of nitrogens with zero attached hydrogens (tertiary/aromatic N) is 2. The van der Waals surface area contributed by atoms with E-state index < -0.39 is 0 Å². The first-order valence-corrected chi connectivity index (χ1v) is 6.78. The highest BCUT2D eigenvalue weighted by Crippen LogP contribution is 2.32. The van der Waals surface area contributed by atoms with E-state index in [-0.39, 0.29) is 0 Å². The van der Waals surface area contributed by atoms with E-state index in [1.54, 1.807) is 0 Å². The molecule has 0 aliphatic rings. The number of rotatable bonds is 2. The highest BCUT2D eigenvalue weighted by Gasteiger charge is 2.11. The van der Waals surface area contributed by atoms with Gasteiger partial charge in [0.25, 0.3) is 0 Å². The molecule has 3 nitrogen and oxygen atoms in total. The summed E-state index contributed by atoms with van der Waals surface area (Å²) in [4.78, 5) is 4.26. The minimum absolute atomic E-state index is 0.420. The van der Waals surface area contributed by atoms with Gasteiger partial charge in [0.2, 0.25) is 0 Å². The zero-order chi connectivity index (χ0) is 13.9. The van der Waals surface area contributed by atoms with Gasteiger partial charge in [0.05, 0.1) is 5.52 Å². The van der Waals surface area contributed by atoms with Gasteiger partial charge in [0.15, 0.2) is 5.75 Å². The van der Waals surface area contributed by atoms with Crippen LogP contribution in [0.3, 0.4) is 0 Å². The lowest BCUT2D eigenvalue weighted by Crippen LogP contribution is -1.92. The molecule has 3 rings (SSSR count). The van der Waals surface area contributed by atoms with Crippen LogP contribution in [0.4, 0.5) is 0 Å². The minimum Gasteiger partial charge on any atom is -0.455 e. The standard InChI is InChI=1S/C16H9BrN2O/c17-12-4-3-5-13(8-12)20-16-11(9-18)10-19-15-7-2-1-6-14(15)16/h1-8,10H. The van der Waals surface area contributed by atoms with Crippen LogP contribution in [-0.2, 0) is 0 Å². The molecule has 4 heteroatoms. The van der Waals surface area contributed by atoms with Gasteiger partial charge >= 0.3 is 0 Å². The fraction of sp³-hybridized carbons (Fsp3) is 0. The summed E-state index contributed by atoms with van der Waals surface area (Å²) < 4.78 is 6.83. The van der Waals surface area contributed by atoms with Crippen LogP contribution in [0.15, 0.2) is 59.2 Å². The number of pyridine rings is 1. The smallest absolute Gasteiger partial charge is 0.156 e. The number of nitriles is 1. The van der Waals surface area contributed by atoms with E-state index in [2.05, 4.69) is 27.0 Å². The number of aromatic nitrogens is 1. The van der Waals surface area contributed by atoms with E-state index in [1.165, 1.54) is 6.20 Å². The highest BCUT2D eigenvalue weighted by atomic mass is 79.9. The Bertz CT molecular complexity index is 824. The fourth-order valence-corrected chi connectivity index (χ4v) is 2.33. The molecule has 20 heavy (non-hydrogen) atoms. The Morgan fingerprint density at radius 3 is 2.75 bits per heavy atom. The summed E-state index contributed by atoms with van der Waals surface area (Å²) in [7, 11) is 0. The Morgan fingerprint density at radius 2 is 1.95 bits per heavy atom.